The highest BCUT2D eigenvalue weighted by Crippen LogP contribution is 2.38. The number of halogens is 2. The first-order chi connectivity index (χ1) is 13.4. The number of rotatable bonds is 3. The predicted octanol–water partition coefficient (Wildman–Crippen LogP) is 5.37. The van der Waals surface area contributed by atoms with Crippen LogP contribution in [0.1, 0.15) is 0 Å². The molecule has 4 rings (SSSR count). The fourth-order valence-electron chi connectivity index (χ4n) is 3.15. The highest BCUT2D eigenvalue weighted by molar-refractivity contribution is 6.30. The Morgan fingerprint density at radius 2 is 1.75 bits per heavy atom. The maximum absolute atomic E-state index is 13.8. The number of pyridine rings is 1. The Kier molecular flexibility index (Phi) is 4.53. The molecule has 2 N–H and O–H groups in total. The van der Waals surface area contributed by atoms with Crippen LogP contribution in [0.25, 0.3) is 21.9 Å². The lowest BCUT2D eigenvalue weighted by atomic mass is 9.99. The molecule has 28 heavy (non-hydrogen) atoms. The van der Waals surface area contributed by atoms with Gasteiger partial charge in [0.25, 0.3) is 5.56 Å². The van der Waals surface area contributed by atoms with Crippen molar-refractivity contribution < 1.29 is 9.13 Å². The van der Waals surface area contributed by atoms with Crippen LogP contribution >= 0.6 is 11.6 Å². The standard InChI is InChI=1S/C22H16ClFN2O2/c1-26-12-18(15-4-2-3-5-16(15)22(26)27)17-10-13(25)6-9-21(17)28-14-7-8-19(23)20(24)11-14/h2-12H,25H2,1H3. The smallest absolute Gasteiger partial charge is 0.258 e. The molecular formula is C22H16ClFN2O2. The van der Waals surface area contributed by atoms with Crippen molar-refractivity contribution in [3.8, 4) is 22.6 Å². The third-order valence-corrected chi connectivity index (χ3v) is 4.81. The Morgan fingerprint density at radius 3 is 2.50 bits per heavy atom. The van der Waals surface area contributed by atoms with Gasteiger partial charge < -0.3 is 15.0 Å². The van der Waals surface area contributed by atoms with E-state index in [9.17, 15) is 9.18 Å². The van der Waals surface area contributed by atoms with Gasteiger partial charge in [0.15, 0.2) is 0 Å². The molecule has 1 aromatic heterocycles. The van der Waals surface area contributed by atoms with Crippen molar-refractivity contribution in [1.29, 1.82) is 0 Å². The van der Waals surface area contributed by atoms with Crippen molar-refractivity contribution in [1.82, 2.24) is 4.57 Å². The molecule has 6 heteroatoms. The number of fused-ring (bicyclic) bond motifs is 1. The highest BCUT2D eigenvalue weighted by Gasteiger charge is 2.15. The molecule has 3 aromatic carbocycles. The Balaban J connectivity index is 1.93. The molecule has 0 atom stereocenters. The number of nitrogen functional groups attached to an aromatic ring is 1. The summed E-state index contributed by atoms with van der Waals surface area (Å²) in [4.78, 5) is 12.5. The van der Waals surface area contributed by atoms with E-state index >= 15 is 0 Å². The van der Waals surface area contributed by atoms with Crippen LogP contribution in [0.2, 0.25) is 5.02 Å². The van der Waals surface area contributed by atoms with Gasteiger partial charge in [-0.3, -0.25) is 4.79 Å². The topological polar surface area (TPSA) is 57.2 Å². The molecule has 0 unspecified atom stereocenters. The second-order valence-corrected chi connectivity index (χ2v) is 6.85. The zero-order valence-electron chi connectivity index (χ0n) is 14.9. The van der Waals surface area contributed by atoms with Crippen LogP contribution < -0.4 is 16.0 Å². The number of nitrogens with two attached hydrogens (primary N) is 1. The zero-order valence-corrected chi connectivity index (χ0v) is 15.7. The quantitative estimate of drug-likeness (QED) is 0.475. The number of anilines is 1. The van der Waals surface area contributed by atoms with Gasteiger partial charge in [-0.1, -0.05) is 29.8 Å². The average Bonchev–Trinajstić information content (AvgIpc) is 2.69. The predicted molar refractivity (Wildman–Crippen MR) is 111 cm³/mol. The van der Waals surface area contributed by atoms with E-state index in [1.807, 2.05) is 18.2 Å². The maximum Gasteiger partial charge on any atom is 0.258 e. The second kappa shape index (κ2) is 7.02. The summed E-state index contributed by atoms with van der Waals surface area (Å²) in [6.45, 7) is 0. The summed E-state index contributed by atoms with van der Waals surface area (Å²) >= 11 is 5.75. The van der Waals surface area contributed by atoms with Crippen molar-refractivity contribution in [3.63, 3.8) is 0 Å². The van der Waals surface area contributed by atoms with Crippen LogP contribution in [0.5, 0.6) is 11.5 Å². The lowest BCUT2D eigenvalue weighted by Crippen LogP contribution is -2.16. The summed E-state index contributed by atoms with van der Waals surface area (Å²) < 4.78 is 21.3. The van der Waals surface area contributed by atoms with E-state index in [0.717, 1.165) is 10.9 Å². The van der Waals surface area contributed by atoms with Crippen molar-refractivity contribution >= 4 is 28.1 Å². The Hall–Kier alpha value is -3.31. The van der Waals surface area contributed by atoms with Crippen LogP contribution in [0, 0.1) is 5.82 Å². The third-order valence-electron chi connectivity index (χ3n) is 4.50. The van der Waals surface area contributed by atoms with E-state index in [0.29, 0.717) is 28.1 Å². The number of aromatic nitrogens is 1. The summed E-state index contributed by atoms with van der Waals surface area (Å²) in [5, 5.41) is 1.39. The molecule has 1 heterocycles. The Morgan fingerprint density at radius 1 is 1.00 bits per heavy atom. The molecule has 0 bridgehead atoms. The van der Waals surface area contributed by atoms with Crippen LogP contribution in [0.15, 0.2) is 71.7 Å². The minimum absolute atomic E-state index is 0.0222. The van der Waals surface area contributed by atoms with Gasteiger partial charge in [0.1, 0.15) is 17.3 Å². The molecule has 0 spiro atoms. The van der Waals surface area contributed by atoms with Gasteiger partial charge in [0.2, 0.25) is 0 Å². The van der Waals surface area contributed by atoms with Gasteiger partial charge in [-0.2, -0.15) is 0 Å². The largest absolute Gasteiger partial charge is 0.457 e. The second-order valence-electron chi connectivity index (χ2n) is 6.44. The lowest BCUT2D eigenvalue weighted by Gasteiger charge is -2.15. The van der Waals surface area contributed by atoms with Crippen molar-refractivity contribution in [3.05, 3.63) is 88.1 Å². The first-order valence-electron chi connectivity index (χ1n) is 8.55. The molecule has 0 aliphatic carbocycles. The zero-order chi connectivity index (χ0) is 19.8. The van der Waals surface area contributed by atoms with Gasteiger partial charge in [-0.05, 0) is 41.8 Å². The molecule has 0 radical (unpaired) electrons. The summed E-state index contributed by atoms with van der Waals surface area (Å²) in [5.74, 6) is 0.227. The van der Waals surface area contributed by atoms with Crippen LogP contribution in [-0.4, -0.2) is 4.57 Å². The van der Waals surface area contributed by atoms with E-state index in [1.165, 1.54) is 16.7 Å². The van der Waals surface area contributed by atoms with Crippen LogP contribution in [0.3, 0.4) is 0 Å². The summed E-state index contributed by atoms with van der Waals surface area (Å²) in [7, 11) is 1.69. The normalized spacial score (nSPS) is 11.0. The lowest BCUT2D eigenvalue weighted by molar-refractivity contribution is 0.478. The minimum Gasteiger partial charge on any atom is -0.457 e. The van der Waals surface area contributed by atoms with Gasteiger partial charge in [0.05, 0.1) is 5.02 Å². The molecule has 140 valence electrons. The van der Waals surface area contributed by atoms with E-state index in [2.05, 4.69) is 0 Å². The fraction of sp³-hybridized carbons (Fsp3) is 0.0455. The number of ether oxygens (including phenoxy) is 1. The molecular weight excluding hydrogens is 379 g/mol. The maximum atomic E-state index is 13.8. The van der Waals surface area contributed by atoms with Crippen molar-refractivity contribution in [2.24, 2.45) is 7.05 Å². The van der Waals surface area contributed by atoms with Crippen molar-refractivity contribution in [2.75, 3.05) is 5.73 Å². The number of hydrogen-bond donors (Lipinski definition) is 1. The van der Waals surface area contributed by atoms with Gasteiger partial charge in [-0.15, -0.1) is 0 Å². The SMILES string of the molecule is Cn1cc(-c2cc(N)ccc2Oc2ccc(Cl)c(F)c2)c2ccccc2c1=O. The average molecular weight is 395 g/mol. The van der Waals surface area contributed by atoms with Crippen LogP contribution in [-0.2, 0) is 7.05 Å². The number of hydrogen-bond acceptors (Lipinski definition) is 3. The van der Waals surface area contributed by atoms with E-state index < -0.39 is 5.82 Å². The van der Waals surface area contributed by atoms with Gasteiger partial charge >= 0.3 is 0 Å². The van der Waals surface area contributed by atoms with E-state index in [-0.39, 0.29) is 10.6 Å². The number of nitrogens with zero attached hydrogens (tertiary/aromatic N) is 1. The molecule has 0 fully saturated rings. The summed E-state index contributed by atoms with van der Waals surface area (Å²) in [6.07, 6.45) is 1.74. The first-order valence-corrected chi connectivity index (χ1v) is 8.93. The monoisotopic (exact) mass is 394 g/mol. The summed E-state index contributed by atoms with van der Waals surface area (Å²) in [5.41, 5.74) is 7.95. The Labute approximate surface area is 165 Å². The third kappa shape index (κ3) is 3.21. The van der Waals surface area contributed by atoms with Gasteiger partial charge in [0, 0.05) is 41.5 Å². The Bertz CT molecular complexity index is 1270. The molecule has 0 saturated carbocycles. The molecule has 0 saturated heterocycles. The highest BCUT2D eigenvalue weighted by atomic mass is 35.5. The van der Waals surface area contributed by atoms with E-state index in [1.54, 1.807) is 43.6 Å². The molecule has 0 aliphatic heterocycles. The van der Waals surface area contributed by atoms with Crippen molar-refractivity contribution in [2.45, 2.75) is 0 Å². The number of aryl methyl sites for hydroxylation is 1. The molecule has 4 aromatic rings. The molecule has 0 aliphatic rings. The minimum atomic E-state index is -0.566. The first kappa shape index (κ1) is 18.1. The summed E-state index contributed by atoms with van der Waals surface area (Å²) in [6, 6.07) is 16.8. The molecule has 4 nitrogen and oxygen atoms in total. The number of benzene rings is 3. The molecule has 0 amide bonds. The van der Waals surface area contributed by atoms with Crippen LogP contribution in [0.4, 0.5) is 10.1 Å². The fourth-order valence-corrected chi connectivity index (χ4v) is 3.26. The van der Waals surface area contributed by atoms with E-state index in [4.69, 9.17) is 22.1 Å². The van der Waals surface area contributed by atoms with Gasteiger partial charge in [-0.25, -0.2) is 4.39 Å².